The van der Waals surface area contributed by atoms with Gasteiger partial charge in [0.2, 0.25) is 0 Å². The van der Waals surface area contributed by atoms with E-state index in [2.05, 4.69) is 61.0 Å². The topological polar surface area (TPSA) is 154 Å². The summed E-state index contributed by atoms with van der Waals surface area (Å²) in [7, 11) is 0.616. The van der Waals surface area contributed by atoms with Crippen molar-refractivity contribution in [1.82, 2.24) is 0 Å². The molecule has 0 fully saturated rings. The third-order valence-electron chi connectivity index (χ3n) is 2.31. The summed E-state index contributed by atoms with van der Waals surface area (Å²) in [6.45, 7) is 14.5. The van der Waals surface area contributed by atoms with Gasteiger partial charge in [-0.3, -0.25) is 0 Å². The molecule has 0 aliphatic carbocycles. The van der Waals surface area contributed by atoms with Gasteiger partial charge in [-0.25, -0.2) is 9.59 Å². The van der Waals surface area contributed by atoms with Gasteiger partial charge in [0, 0.05) is 16.0 Å². The average molecular weight is 457 g/mol. The first kappa shape index (κ1) is 34.1. The van der Waals surface area contributed by atoms with Crippen molar-refractivity contribution in [1.29, 1.82) is 0 Å². The van der Waals surface area contributed by atoms with Crippen LogP contribution in [0.25, 0.3) is 0 Å². The molecule has 9 nitrogen and oxygen atoms in total. The van der Waals surface area contributed by atoms with E-state index >= 15 is 0 Å². The molecule has 12 heteroatoms. The standard InChI is InChI=1S/C6H18O2Si2.C4H12OSi.2C3H5NO2/c1-4-5-6(7,9)8-10(2)3;1-2-3-4(5)6;2*1-2-6-3(4)5/h7,10H,4-5H2,1-3,9H3;4-5H,2-3H2,1,6H3;2*2H,1H2,(H2,4,5). The zero-order chi connectivity index (χ0) is 23.2. The van der Waals surface area contributed by atoms with Crippen molar-refractivity contribution in [3.63, 3.8) is 0 Å². The minimum atomic E-state index is -1.04. The Labute approximate surface area is 176 Å². The lowest BCUT2D eigenvalue weighted by molar-refractivity contribution is -0.0700. The predicted octanol–water partition coefficient (Wildman–Crippen LogP) is -0.281. The van der Waals surface area contributed by atoms with Crippen LogP contribution in [0.3, 0.4) is 0 Å². The summed E-state index contributed by atoms with van der Waals surface area (Å²) in [5, 5.41) is 18.2. The van der Waals surface area contributed by atoms with Crippen molar-refractivity contribution in [2.45, 2.75) is 63.8 Å². The molecular formula is C16H40N2O7Si3. The molecule has 2 unspecified atom stereocenters. The first-order valence-electron chi connectivity index (χ1n) is 9.01. The second-order valence-electron chi connectivity index (χ2n) is 5.94. The summed E-state index contributed by atoms with van der Waals surface area (Å²) in [6, 6.07) is 0. The highest BCUT2D eigenvalue weighted by Gasteiger charge is 2.20. The monoisotopic (exact) mass is 456 g/mol. The van der Waals surface area contributed by atoms with E-state index in [1.165, 1.54) is 0 Å². The van der Waals surface area contributed by atoms with E-state index in [0.717, 1.165) is 58.7 Å². The Hall–Kier alpha value is -1.45. The van der Waals surface area contributed by atoms with Gasteiger partial charge in [-0.2, -0.15) is 0 Å². The van der Waals surface area contributed by atoms with Gasteiger partial charge >= 0.3 is 12.2 Å². The summed E-state index contributed by atoms with van der Waals surface area (Å²) < 4.78 is 13.3. The van der Waals surface area contributed by atoms with Gasteiger partial charge in [-0.1, -0.05) is 39.8 Å². The lowest BCUT2D eigenvalue weighted by Gasteiger charge is -2.26. The van der Waals surface area contributed by atoms with Gasteiger partial charge in [0.1, 0.15) is 5.41 Å². The number of hydrogen-bond donors (Lipinski definition) is 4. The summed E-state index contributed by atoms with van der Waals surface area (Å²) in [6.07, 6.45) is 4.20. The number of aliphatic hydroxyl groups excluding tert-OH is 1. The maximum Gasteiger partial charge on any atom is 0.409 e. The fourth-order valence-corrected chi connectivity index (χ4v) is 5.24. The van der Waals surface area contributed by atoms with Crippen molar-refractivity contribution in [3.05, 3.63) is 25.7 Å². The van der Waals surface area contributed by atoms with E-state index in [1.54, 1.807) is 0 Å². The lowest BCUT2D eigenvalue weighted by Crippen LogP contribution is -2.36. The third-order valence-corrected chi connectivity index (χ3v) is 5.07. The molecule has 0 saturated heterocycles. The summed E-state index contributed by atoms with van der Waals surface area (Å²) >= 11 is 0. The SMILES string of the molecule is C=COC(N)=O.C=COC(N)=O.CCCC(O)([SiH3])O[SiH](C)C.CCCC(O)[SiH3]. The van der Waals surface area contributed by atoms with E-state index in [-0.39, 0.29) is 5.73 Å². The Balaban J connectivity index is -0.000000142. The number of rotatable bonds is 8. The molecule has 0 aromatic rings. The maximum atomic E-state index is 9.56. The molecule has 168 valence electrons. The molecular weight excluding hydrogens is 416 g/mol. The number of carbonyl (C=O) groups is 2. The average Bonchev–Trinajstić information content (AvgIpc) is 2.46. The number of nitrogens with two attached hydrogens (primary N) is 2. The molecule has 0 heterocycles. The van der Waals surface area contributed by atoms with Crippen LogP contribution in [-0.2, 0) is 13.9 Å². The van der Waals surface area contributed by atoms with E-state index in [0.29, 0.717) is 0 Å². The predicted molar refractivity (Wildman–Crippen MR) is 122 cm³/mol. The van der Waals surface area contributed by atoms with E-state index < -0.39 is 26.6 Å². The fourth-order valence-electron chi connectivity index (χ4n) is 1.61. The minimum absolute atomic E-state index is 0.0370. The van der Waals surface area contributed by atoms with E-state index in [1.807, 2.05) is 0 Å². The van der Waals surface area contributed by atoms with Gasteiger partial charge in [-0.15, -0.1) is 0 Å². The number of carbonyl (C=O) groups excluding carboxylic acids is 2. The van der Waals surface area contributed by atoms with Crippen LogP contribution in [0.4, 0.5) is 9.59 Å². The Morgan fingerprint density at radius 1 is 1.14 bits per heavy atom. The smallest absolute Gasteiger partial charge is 0.409 e. The minimum Gasteiger partial charge on any atom is -0.419 e. The van der Waals surface area contributed by atoms with Crippen LogP contribution in [0.2, 0.25) is 13.1 Å². The fraction of sp³-hybridized carbons (Fsp3) is 0.625. The van der Waals surface area contributed by atoms with Gasteiger partial charge in [-0.05, 0) is 25.9 Å². The normalized spacial score (nSPS) is 12.4. The Morgan fingerprint density at radius 3 is 1.64 bits per heavy atom. The second-order valence-corrected chi connectivity index (χ2v) is 11.2. The van der Waals surface area contributed by atoms with Gasteiger partial charge in [0.25, 0.3) is 0 Å². The van der Waals surface area contributed by atoms with Gasteiger partial charge < -0.3 is 35.6 Å². The number of primary amides is 2. The second kappa shape index (κ2) is 23.6. The van der Waals surface area contributed by atoms with Crippen LogP contribution < -0.4 is 11.5 Å². The van der Waals surface area contributed by atoms with Crippen LogP contribution >= 0.6 is 0 Å². The highest BCUT2D eigenvalue weighted by molar-refractivity contribution is 6.49. The molecule has 0 radical (unpaired) electrons. The molecule has 0 aliphatic rings. The van der Waals surface area contributed by atoms with Gasteiger partial charge in [0.05, 0.1) is 22.8 Å². The van der Waals surface area contributed by atoms with Crippen LogP contribution in [0, 0.1) is 0 Å². The zero-order valence-electron chi connectivity index (χ0n) is 18.1. The highest BCUT2D eigenvalue weighted by atomic mass is 28.3. The Kier molecular flexibility index (Phi) is 28.7. The Bertz CT molecular complexity index is 390. The maximum absolute atomic E-state index is 9.56. The first-order chi connectivity index (χ1) is 12.8. The Morgan fingerprint density at radius 2 is 1.54 bits per heavy atom. The largest absolute Gasteiger partial charge is 0.419 e. The van der Waals surface area contributed by atoms with Crippen molar-refractivity contribution in [2.75, 3.05) is 0 Å². The molecule has 0 aromatic carbocycles. The molecule has 0 aliphatic heterocycles. The molecule has 0 spiro atoms. The van der Waals surface area contributed by atoms with Crippen LogP contribution in [-0.4, -0.2) is 63.1 Å². The number of ether oxygens (including phenoxy) is 2. The summed E-state index contributed by atoms with van der Waals surface area (Å²) in [4.78, 5) is 19.1. The molecule has 28 heavy (non-hydrogen) atoms. The van der Waals surface area contributed by atoms with E-state index in [4.69, 9.17) is 9.53 Å². The first-order valence-corrected chi connectivity index (χ1v) is 13.9. The van der Waals surface area contributed by atoms with E-state index in [9.17, 15) is 14.7 Å². The number of aliphatic hydroxyl groups is 2. The van der Waals surface area contributed by atoms with Crippen molar-refractivity contribution in [3.8, 4) is 0 Å². The molecule has 0 saturated carbocycles. The molecule has 2 amide bonds. The van der Waals surface area contributed by atoms with Crippen molar-refractivity contribution < 1.29 is 33.7 Å². The lowest BCUT2D eigenvalue weighted by atomic mass is 10.3. The van der Waals surface area contributed by atoms with Gasteiger partial charge in [0.15, 0.2) is 9.04 Å². The van der Waals surface area contributed by atoms with Crippen LogP contribution in [0.5, 0.6) is 0 Å². The van der Waals surface area contributed by atoms with Crippen LogP contribution in [0.1, 0.15) is 39.5 Å². The third kappa shape index (κ3) is 49.7. The molecule has 6 N–H and O–H groups in total. The summed E-state index contributed by atoms with van der Waals surface area (Å²) in [5.41, 5.74) is 8.25. The quantitative estimate of drug-likeness (QED) is 0.222. The number of amides is 2. The molecule has 0 rings (SSSR count). The molecule has 0 aromatic heterocycles. The van der Waals surface area contributed by atoms with Crippen molar-refractivity contribution in [2.24, 2.45) is 11.5 Å². The van der Waals surface area contributed by atoms with Crippen LogP contribution in [0.15, 0.2) is 25.7 Å². The summed E-state index contributed by atoms with van der Waals surface area (Å²) in [5.74, 6) is 0. The van der Waals surface area contributed by atoms with Crippen molar-refractivity contribution >= 4 is 41.7 Å². The molecule has 2 atom stereocenters. The molecule has 0 bridgehead atoms. The number of hydrogen-bond acceptors (Lipinski definition) is 7. The highest BCUT2D eigenvalue weighted by Crippen LogP contribution is 2.10. The zero-order valence-corrected chi connectivity index (χ0v) is 23.3.